The summed E-state index contributed by atoms with van der Waals surface area (Å²) in [7, 11) is -2.96. The molecule has 1 aromatic heterocycles. The first kappa shape index (κ1) is 31.6. The van der Waals surface area contributed by atoms with E-state index in [1.165, 1.54) is 6.33 Å². The highest BCUT2D eigenvalue weighted by atomic mass is 35.5. The summed E-state index contributed by atoms with van der Waals surface area (Å²) >= 11 is 6.47. The summed E-state index contributed by atoms with van der Waals surface area (Å²) in [5.74, 6) is 0.657. The van der Waals surface area contributed by atoms with Gasteiger partial charge in [-0.05, 0) is 41.1 Å². The van der Waals surface area contributed by atoms with E-state index in [1.807, 2.05) is 46.2 Å². The Balaban J connectivity index is 1.12. The number of amides is 2. The number of benzene rings is 2. The van der Waals surface area contributed by atoms with Crippen LogP contribution in [0.2, 0.25) is 10.2 Å². The summed E-state index contributed by atoms with van der Waals surface area (Å²) in [6.07, 6.45) is 10.5. The largest absolute Gasteiger partial charge is 0.424 e. The van der Waals surface area contributed by atoms with Gasteiger partial charge in [-0.2, -0.15) is 0 Å². The second-order valence-corrected chi connectivity index (χ2v) is 16.9. The van der Waals surface area contributed by atoms with Gasteiger partial charge < -0.3 is 14.4 Å². The van der Waals surface area contributed by atoms with Crippen LogP contribution in [0.5, 0.6) is 0 Å². The lowest BCUT2D eigenvalue weighted by Crippen LogP contribution is -2.65. The fraction of sp³-hybridized carbons (Fsp3) is 0.500. The number of nitrogens with zero attached hydrogens (tertiary/aromatic N) is 4. The lowest BCUT2D eigenvalue weighted by Gasteiger charge is -2.41. The van der Waals surface area contributed by atoms with Crippen LogP contribution in [0.3, 0.4) is 0 Å². The number of unbranched alkanes of at least 4 members (excludes halogenated alkanes) is 5. The van der Waals surface area contributed by atoms with Gasteiger partial charge in [-0.25, -0.2) is 14.8 Å². The molecule has 1 N–H and O–H groups in total. The lowest BCUT2D eigenvalue weighted by molar-refractivity contribution is 0.0437. The third kappa shape index (κ3) is 6.98. The summed E-state index contributed by atoms with van der Waals surface area (Å²) in [5, 5.41) is 2.36. The predicted molar refractivity (Wildman–Crippen MR) is 176 cm³/mol. The smallest absolute Gasteiger partial charge is 0.326 e. The van der Waals surface area contributed by atoms with Crippen molar-refractivity contribution in [3.63, 3.8) is 0 Å². The molecule has 0 spiro atoms. The molecule has 9 heteroatoms. The first-order valence-corrected chi connectivity index (χ1v) is 18.1. The zero-order valence-corrected chi connectivity index (χ0v) is 27.3. The van der Waals surface area contributed by atoms with Gasteiger partial charge in [0, 0.05) is 25.8 Å². The minimum absolute atomic E-state index is 0.0184. The number of carbonyl (C=O) groups is 1. The van der Waals surface area contributed by atoms with E-state index >= 15 is 0 Å². The van der Waals surface area contributed by atoms with Crippen molar-refractivity contribution in [2.45, 2.75) is 89.3 Å². The van der Waals surface area contributed by atoms with Crippen molar-refractivity contribution in [3.05, 3.63) is 77.7 Å². The molecule has 7 nitrogen and oxygen atoms in total. The molecule has 1 saturated heterocycles. The van der Waals surface area contributed by atoms with Crippen LogP contribution in [0.4, 0.5) is 10.6 Å². The van der Waals surface area contributed by atoms with E-state index in [-0.39, 0.29) is 17.1 Å². The number of anilines is 1. The molecule has 230 valence electrons. The van der Waals surface area contributed by atoms with Crippen LogP contribution < -0.4 is 15.3 Å². The molecule has 0 bridgehead atoms. The Morgan fingerprint density at radius 1 is 0.907 bits per heavy atom. The lowest BCUT2D eigenvalue weighted by atomic mass is 10.0. The molecule has 0 unspecified atom stereocenters. The molecule has 3 heterocycles. The van der Waals surface area contributed by atoms with Crippen LogP contribution in [-0.4, -0.2) is 59.8 Å². The van der Waals surface area contributed by atoms with Crippen LogP contribution in [0.1, 0.15) is 77.2 Å². The number of hydrogen-bond acceptors (Lipinski definition) is 5. The van der Waals surface area contributed by atoms with Crippen LogP contribution in [0.25, 0.3) is 0 Å². The van der Waals surface area contributed by atoms with E-state index < -0.39 is 8.32 Å². The summed E-state index contributed by atoms with van der Waals surface area (Å²) in [6, 6.07) is 20.7. The molecule has 2 amide bonds. The monoisotopic (exact) mass is 620 g/mol. The van der Waals surface area contributed by atoms with Crippen molar-refractivity contribution in [3.8, 4) is 0 Å². The molecule has 0 aliphatic carbocycles. The zero-order valence-electron chi connectivity index (χ0n) is 25.6. The number of carbonyl (C=O) groups excluding carboxylic acids is 1. The number of halogens is 1. The van der Waals surface area contributed by atoms with Crippen molar-refractivity contribution in [1.29, 1.82) is 0 Å². The number of fused-ring (bicyclic) bond motifs is 1. The highest BCUT2D eigenvalue weighted by Crippen LogP contribution is 2.40. The van der Waals surface area contributed by atoms with Crippen molar-refractivity contribution in [2.24, 2.45) is 0 Å². The maximum atomic E-state index is 13.6. The predicted octanol–water partition coefficient (Wildman–Crippen LogP) is 6.31. The van der Waals surface area contributed by atoms with Gasteiger partial charge in [0.05, 0.1) is 12.1 Å². The highest BCUT2D eigenvalue weighted by Gasteiger charge is 2.49. The molecule has 5 rings (SSSR count). The van der Waals surface area contributed by atoms with E-state index in [0.717, 1.165) is 73.7 Å². The Bertz CT molecular complexity index is 1300. The number of rotatable bonds is 13. The van der Waals surface area contributed by atoms with Gasteiger partial charge in [-0.15, -0.1) is 0 Å². The van der Waals surface area contributed by atoms with Crippen molar-refractivity contribution in [2.75, 3.05) is 24.7 Å². The normalized spacial score (nSPS) is 16.4. The van der Waals surface area contributed by atoms with Gasteiger partial charge in [0.15, 0.2) is 0 Å². The first-order valence-electron chi connectivity index (χ1n) is 15.8. The molecule has 0 radical (unpaired) electrons. The number of urea groups is 1. The highest BCUT2D eigenvalue weighted by molar-refractivity contribution is 6.98. The van der Waals surface area contributed by atoms with Crippen molar-refractivity contribution in [1.82, 2.24) is 14.9 Å². The Hall–Kier alpha value is -2.78. The van der Waals surface area contributed by atoms with Crippen molar-refractivity contribution < 1.29 is 14.3 Å². The third-order valence-electron chi connectivity index (χ3n) is 9.36. The average molecular weight is 621 g/mol. The molecule has 2 aromatic carbocycles. The molecular formula is C34H45ClN4O3Si. The Kier molecular flexibility index (Phi) is 10.5. The molecule has 3 aromatic rings. The molecular weight excluding hydrogens is 576 g/mol. The Morgan fingerprint density at radius 3 is 2.12 bits per heavy atom. The first-order chi connectivity index (χ1) is 20.8. The second kappa shape index (κ2) is 14.3. The maximum Gasteiger partial charge on any atom is 0.326 e. The molecule has 2 aliphatic rings. The minimum atomic E-state index is -2.96. The second-order valence-electron chi connectivity index (χ2n) is 12.6. The van der Waals surface area contributed by atoms with E-state index in [1.54, 1.807) is 0 Å². The summed E-state index contributed by atoms with van der Waals surface area (Å²) < 4.78 is 5.53. The van der Waals surface area contributed by atoms with Crippen LogP contribution in [0, 0.1) is 0 Å². The van der Waals surface area contributed by atoms with Gasteiger partial charge in [0.25, 0.3) is 8.32 Å². The summed E-state index contributed by atoms with van der Waals surface area (Å²) in [6.45, 7) is 6.92. The SMILES string of the molecule is CC(C)(CCCCCCCCN1C(=O)N(C2CCOCC2)Cc2c(Cl)ncnc21)[Si](O)(c1ccccc1)c1ccccc1. The van der Waals surface area contributed by atoms with Gasteiger partial charge in [-0.3, -0.25) is 4.90 Å². The van der Waals surface area contributed by atoms with E-state index in [0.29, 0.717) is 37.3 Å². The maximum absolute atomic E-state index is 13.6. The van der Waals surface area contributed by atoms with E-state index in [9.17, 15) is 9.59 Å². The third-order valence-corrected chi connectivity index (χ3v) is 14.2. The Labute approximate surface area is 262 Å². The van der Waals surface area contributed by atoms with Gasteiger partial charge in [0.1, 0.15) is 17.3 Å². The molecule has 0 atom stereocenters. The molecule has 1 fully saturated rings. The van der Waals surface area contributed by atoms with Gasteiger partial charge in [-0.1, -0.05) is 118 Å². The fourth-order valence-electron chi connectivity index (χ4n) is 6.75. The number of ether oxygens (including phenoxy) is 1. The van der Waals surface area contributed by atoms with E-state index in [2.05, 4.69) is 48.1 Å². The van der Waals surface area contributed by atoms with Crippen LogP contribution in [0.15, 0.2) is 67.0 Å². The quantitative estimate of drug-likeness (QED) is 0.138. The fourth-order valence-corrected chi connectivity index (χ4v) is 10.7. The topological polar surface area (TPSA) is 78.8 Å². The standard InChI is InChI=1S/C34H45ClN4O3Si/c1-34(2,43(41,28-15-9-7-10-16-28)29-17-11-8-12-18-29)21-13-5-3-4-6-14-22-38-32-30(31(35)36-26-37-32)25-39(33(38)40)27-19-23-42-24-20-27/h7-12,15-18,26-27,41H,3-6,13-14,19-25H2,1-2H3. The Morgan fingerprint density at radius 2 is 1.49 bits per heavy atom. The summed E-state index contributed by atoms with van der Waals surface area (Å²) in [4.78, 5) is 38.3. The number of hydrogen-bond donors (Lipinski definition) is 1. The van der Waals surface area contributed by atoms with Crippen molar-refractivity contribution >= 4 is 42.1 Å². The van der Waals surface area contributed by atoms with E-state index in [4.69, 9.17) is 16.3 Å². The van der Waals surface area contributed by atoms with Gasteiger partial charge >= 0.3 is 6.03 Å². The molecule has 43 heavy (non-hydrogen) atoms. The van der Waals surface area contributed by atoms with Crippen LogP contribution >= 0.6 is 11.6 Å². The molecule has 2 aliphatic heterocycles. The number of aromatic nitrogens is 2. The average Bonchev–Trinajstić information content (AvgIpc) is 3.04. The summed E-state index contributed by atoms with van der Waals surface area (Å²) in [5.41, 5.74) is 0.840. The minimum Gasteiger partial charge on any atom is -0.424 e. The molecule has 0 saturated carbocycles. The zero-order chi connectivity index (χ0) is 30.3. The van der Waals surface area contributed by atoms with Gasteiger partial charge in [0.2, 0.25) is 0 Å². The van der Waals surface area contributed by atoms with Crippen LogP contribution in [-0.2, 0) is 11.3 Å².